The second-order valence-electron chi connectivity index (χ2n) is 16.1. The van der Waals surface area contributed by atoms with Gasteiger partial charge in [0, 0.05) is 33.4 Å². The van der Waals surface area contributed by atoms with E-state index in [1.165, 1.54) is 15.9 Å². The van der Waals surface area contributed by atoms with E-state index >= 15 is 0 Å². The molecule has 0 fully saturated rings. The Kier molecular flexibility index (Phi) is 9.47. The van der Waals surface area contributed by atoms with Crippen molar-refractivity contribution in [2.45, 2.75) is 0 Å². The molecule has 0 N–H and O–H groups in total. The van der Waals surface area contributed by atoms with Gasteiger partial charge in [-0.2, -0.15) is 0 Å². The standard InChI is InChI=1S/C60H39O3P/c1-7-19-55-43(13-1)37-52(49-16-4-10-22-58(49)61-55)40-25-31-46(32-26-40)64(47-33-27-41(28-34-47)53-38-44-14-2-8-20-56(44)62-59-23-11-5-17-50(53)59)48-35-29-42(30-36-48)54-39-45-15-3-9-21-57(45)63-60-24-12-6-18-51(54)60/h1-39H. The lowest BCUT2D eigenvalue weighted by atomic mass is 9.95. The summed E-state index contributed by atoms with van der Waals surface area (Å²) in [6.07, 6.45) is 6.76. The van der Waals surface area contributed by atoms with Crippen LogP contribution in [0.25, 0.3) is 34.9 Å². The van der Waals surface area contributed by atoms with Crippen LogP contribution in [0, 0.1) is 0 Å². The molecule has 0 unspecified atom stereocenters. The molecule has 302 valence electrons. The SMILES string of the molecule is C1=C(c2ccc(P(c3ccc(C4=Cc5ccccc5Oc5ccccc54)cc3)c3ccc(C4=Cc5ccccc5Oc5ccccc54)cc3)cc2)c2ccccc2Oc2ccccc21. The molecular weight excluding hydrogens is 800 g/mol. The molecule has 3 heterocycles. The summed E-state index contributed by atoms with van der Waals surface area (Å²) in [5.74, 6) is 5.14. The Hall–Kier alpha value is -7.97. The summed E-state index contributed by atoms with van der Waals surface area (Å²) in [5.41, 5.74) is 13.2. The molecule has 3 nitrogen and oxygen atoms in total. The molecular formula is C60H39O3P. The monoisotopic (exact) mass is 838 g/mol. The van der Waals surface area contributed by atoms with Crippen molar-refractivity contribution < 1.29 is 14.2 Å². The topological polar surface area (TPSA) is 27.7 Å². The molecule has 0 saturated heterocycles. The first-order valence-electron chi connectivity index (χ1n) is 21.6. The van der Waals surface area contributed by atoms with E-state index in [2.05, 4.69) is 182 Å². The Morgan fingerprint density at radius 3 is 0.781 bits per heavy atom. The molecule has 0 spiro atoms. The molecule has 0 saturated carbocycles. The molecule has 0 aliphatic carbocycles. The van der Waals surface area contributed by atoms with Gasteiger partial charge in [0.1, 0.15) is 34.5 Å². The second kappa shape index (κ2) is 16.1. The highest BCUT2D eigenvalue weighted by Crippen LogP contribution is 2.45. The van der Waals surface area contributed by atoms with E-state index in [1.54, 1.807) is 0 Å². The minimum atomic E-state index is -0.968. The maximum atomic E-state index is 6.46. The summed E-state index contributed by atoms with van der Waals surface area (Å²) < 4.78 is 19.4. The van der Waals surface area contributed by atoms with Crippen LogP contribution in [0.15, 0.2) is 218 Å². The molecule has 9 aromatic carbocycles. The van der Waals surface area contributed by atoms with Crippen molar-refractivity contribution in [1.82, 2.24) is 0 Å². The van der Waals surface area contributed by atoms with Crippen molar-refractivity contribution in [3.8, 4) is 34.5 Å². The van der Waals surface area contributed by atoms with Crippen molar-refractivity contribution in [3.05, 3.63) is 268 Å². The third kappa shape index (κ3) is 6.93. The predicted molar refractivity (Wildman–Crippen MR) is 265 cm³/mol. The summed E-state index contributed by atoms with van der Waals surface area (Å²) in [7, 11) is -0.968. The normalized spacial score (nSPS) is 13.2. The molecule has 64 heavy (non-hydrogen) atoms. The summed E-state index contributed by atoms with van der Waals surface area (Å²) in [6.45, 7) is 0. The molecule has 12 rings (SSSR count). The molecule has 0 aromatic heterocycles. The smallest absolute Gasteiger partial charge is 0.135 e. The number of hydrogen-bond donors (Lipinski definition) is 0. The van der Waals surface area contributed by atoms with Crippen LogP contribution in [-0.2, 0) is 0 Å². The van der Waals surface area contributed by atoms with Crippen molar-refractivity contribution in [1.29, 1.82) is 0 Å². The van der Waals surface area contributed by atoms with Gasteiger partial charge >= 0.3 is 0 Å². The predicted octanol–water partition coefficient (Wildman–Crippen LogP) is 14.5. The van der Waals surface area contributed by atoms with Crippen molar-refractivity contribution in [2.24, 2.45) is 0 Å². The van der Waals surface area contributed by atoms with Crippen molar-refractivity contribution in [2.75, 3.05) is 0 Å². The number of fused-ring (bicyclic) bond motifs is 6. The van der Waals surface area contributed by atoms with Crippen LogP contribution < -0.4 is 30.1 Å². The third-order valence-electron chi connectivity index (χ3n) is 12.2. The zero-order valence-electron chi connectivity index (χ0n) is 34.7. The zero-order valence-corrected chi connectivity index (χ0v) is 35.6. The fraction of sp³-hybridized carbons (Fsp3) is 0. The first-order chi connectivity index (χ1) is 31.7. The van der Waals surface area contributed by atoms with Crippen LogP contribution in [-0.4, -0.2) is 0 Å². The zero-order chi connectivity index (χ0) is 42.4. The summed E-state index contributed by atoms with van der Waals surface area (Å²) >= 11 is 0. The number of para-hydroxylation sites is 6. The quantitative estimate of drug-likeness (QED) is 0.156. The summed E-state index contributed by atoms with van der Waals surface area (Å²) in [4.78, 5) is 0. The molecule has 0 amide bonds. The van der Waals surface area contributed by atoms with E-state index in [9.17, 15) is 0 Å². The highest BCUT2D eigenvalue weighted by molar-refractivity contribution is 7.79. The van der Waals surface area contributed by atoms with Crippen LogP contribution in [0.4, 0.5) is 0 Å². The van der Waals surface area contributed by atoms with Gasteiger partial charge in [0.05, 0.1) is 0 Å². The number of hydrogen-bond acceptors (Lipinski definition) is 3. The Balaban J connectivity index is 0.962. The van der Waals surface area contributed by atoms with Gasteiger partial charge in [0.2, 0.25) is 0 Å². The van der Waals surface area contributed by atoms with Crippen LogP contribution in [0.5, 0.6) is 34.5 Å². The Morgan fingerprint density at radius 1 is 0.234 bits per heavy atom. The van der Waals surface area contributed by atoms with Gasteiger partial charge in [-0.1, -0.05) is 182 Å². The molecule has 4 heteroatoms. The maximum Gasteiger partial charge on any atom is 0.135 e. The van der Waals surface area contributed by atoms with Gasteiger partial charge in [-0.15, -0.1) is 0 Å². The van der Waals surface area contributed by atoms with Gasteiger partial charge < -0.3 is 14.2 Å². The lowest BCUT2D eigenvalue weighted by Crippen LogP contribution is -2.21. The summed E-state index contributed by atoms with van der Waals surface area (Å²) in [5, 5.41) is 3.79. The van der Waals surface area contributed by atoms with Gasteiger partial charge in [0.25, 0.3) is 0 Å². The average molecular weight is 839 g/mol. The minimum absolute atomic E-state index is 0.855. The third-order valence-corrected chi connectivity index (χ3v) is 14.6. The first-order valence-corrected chi connectivity index (χ1v) is 22.9. The van der Waals surface area contributed by atoms with Crippen LogP contribution in [0.3, 0.4) is 0 Å². The molecule has 9 aromatic rings. The molecule has 0 bridgehead atoms. The molecule has 0 radical (unpaired) electrons. The number of benzene rings is 9. The fourth-order valence-electron chi connectivity index (χ4n) is 9.00. The van der Waals surface area contributed by atoms with Crippen LogP contribution >= 0.6 is 7.92 Å². The van der Waals surface area contributed by atoms with Crippen molar-refractivity contribution >= 4 is 58.8 Å². The lowest BCUT2D eigenvalue weighted by Gasteiger charge is -2.21. The van der Waals surface area contributed by atoms with Crippen molar-refractivity contribution in [3.63, 3.8) is 0 Å². The van der Waals surface area contributed by atoms with Gasteiger partial charge in [-0.05, 0) is 112 Å². The lowest BCUT2D eigenvalue weighted by molar-refractivity contribution is 0.481. The van der Waals surface area contributed by atoms with E-state index in [0.29, 0.717) is 0 Å². The van der Waals surface area contributed by atoms with E-state index in [4.69, 9.17) is 14.2 Å². The highest BCUT2D eigenvalue weighted by atomic mass is 31.1. The molecule has 0 atom stereocenters. The number of rotatable bonds is 6. The Bertz CT molecular complexity index is 2980. The van der Waals surface area contributed by atoms with Gasteiger partial charge in [0.15, 0.2) is 0 Å². The second-order valence-corrected chi connectivity index (χ2v) is 18.3. The van der Waals surface area contributed by atoms with E-state index < -0.39 is 7.92 Å². The largest absolute Gasteiger partial charge is 0.456 e. The Labute approximate surface area is 374 Å². The van der Waals surface area contributed by atoms with E-state index in [0.717, 1.165) is 101 Å². The number of ether oxygens (including phenoxy) is 3. The van der Waals surface area contributed by atoms with Crippen LogP contribution in [0.1, 0.15) is 50.1 Å². The van der Waals surface area contributed by atoms with Gasteiger partial charge in [-0.3, -0.25) is 0 Å². The first kappa shape index (κ1) is 37.8. The van der Waals surface area contributed by atoms with E-state index in [-0.39, 0.29) is 0 Å². The Morgan fingerprint density at radius 2 is 0.484 bits per heavy atom. The average Bonchev–Trinajstić information content (AvgIpc) is 3.72. The molecule has 3 aliphatic rings. The maximum absolute atomic E-state index is 6.46. The fourth-order valence-corrected chi connectivity index (χ4v) is 11.2. The van der Waals surface area contributed by atoms with Gasteiger partial charge in [-0.25, -0.2) is 0 Å². The molecule has 3 aliphatic heterocycles. The highest BCUT2D eigenvalue weighted by Gasteiger charge is 2.24. The van der Waals surface area contributed by atoms with E-state index in [1.807, 2.05) is 54.6 Å². The van der Waals surface area contributed by atoms with Crippen LogP contribution in [0.2, 0.25) is 0 Å². The summed E-state index contributed by atoms with van der Waals surface area (Å²) in [6, 6.07) is 77.3. The minimum Gasteiger partial charge on any atom is -0.456 e.